The second-order valence-electron chi connectivity index (χ2n) is 4.94. The van der Waals surface area contributed by atoms with Crippen LogP contribution >= 0.6 is 11.8 Å². The Balaban J connectivity index is 2.20. The Labute approximate surface area is 134 Å². The third-order valence-corrected chi connectivity index (χ3v) is 4.68. The molecule has 1 heterocycles. The molecule has 1 saturated heterocycles. The van der Waals surface area contributed by atoms with E-state index in [4.69, 9.17) is 24.7 Å². The van der Waals surface area contributed by atoms with Crippen molar-refractivity contribution < 1.29 is 23.7 Å². The summed E-state index contributed by atoms with van der Waals surface area (Å²) < 4.78 is 22.1. The van der Waals surface area contributed by atoms with E-state index in [0.717, 1.165) is 4.90 Å². The van der Waals surface area contributed by atoms with Crippen LogP contribution in [0.1, 0.15) is 6.92 Å². The molecule has 2 rings (SSSR count). The number of benzene rings is 1. The molecule has 7 heteroatoms. The predicted octanol–water partition coefficient (Wildman–Crippen LogP) is 2.02. The molecular formula is C15H21NO5S. The summed E-state index contributed by atoms with van der Waals surface area (Å²) in [5.41, 5.74) is 4.85. The van der Waals surface area contributed by atoms with Gasteiger partial charge in [0.05, 0.1) is 6.10 Å². The zero-order valence-corrected chi connectivity index (χ0v) is 13.6. The van der Waals surface area contributed by atoms with Crippen LogP contribution in [0.25, 0.3) is 0 Å². The van der Waals surface area contributed by atoms with Crippen molar-refractivity contribution in [1.29, 1.82) is 0 Å². The van der Waals surface area contributed by atoms with Crippen LogP contribution in [0.4, 0.5) is 4.79 Å². The lowest BCUT2D eigenvalue weighted by Gasteiger charge is -2.43. The Kier molecular flexibility index (Phi) is 6.07. The van der Waals surface area contributed by atoms with Gasteiger partial charge >= 0.3 is 6.09 Å². The van der Waals surface area contributed by atoms with Gasteiger partial charge in [0.2, 0.25) is 0 Å². The molecule has 1 fully saturated rings. The van der Waals surface area contributed by atoms with Gasteiger partial charge in [0.15, 0.2) is 6.10 Å². The number of hydrogen-bond acceptors (Lipinski definition) is 6. The average Bonchev–Trinajstić information content (AvgIpc) is 2.48. The lowest BCUT2D eigenvalue weighted by atomic mass is 10.0. The van der Waals surface area contributed by atoms with Crippen LogP contribution < -0.4 is 5.73 Å². The quantitative estimate of drug-likeness (QED) is 0.891. The number of thioether (sulfide) groups is 1. The highest BCUT2D eigenvalue weighted by Gasteiger charge is 2.47. The van der Waals surface area contributed by atoms with Crippen molar-refractivity contribution in [2.24, 2.45) is 5.73 Å². The van der Waals surface area contributed by atoms with Gasteiger partial charge in [-0.25, -0.2) is 4.79 Å². The van der Waals surface area contributed by atoms with Crippen molar-refractivity contribution in [3.05, 3.63) is 30.3 Å². The highest BCUT2D eigenvalue weighted by atomic mass is 32.2. The number of ether oxygens (including phenoxy) is 4. The van der Waals surface area contributed by atoms with E-state index in [1.807, 2.05) is 37.3 Å². The van der Waals surface area contributed by atoms with Crippen LogP contribution in [0.2, 0.25) is 0 Å². The highest BCUT2D eigenvalue weighted by molar-refractivity contribution is 7.99. The molecule has 1 aliphatic rings. The first kappa shape index (κ1) is 17.1. The number of amides is 1. The zero-order valence-electron chi connectivity index (χ0n) is 12.8. The molecule has 122 valence electrons. The molecule has 0 aliphatic carbocycles. The standard InChI is InChI=1S/C15H21NO5S/c1-9-11(18-2)12(21-15(16)17)13(19-3)14(20-9)22-10-7-5-4-6-8-10/h4-9,11-14H,1-3H3,(H2,16,17)/t9-,11-,12+,13+,14-/m0/s1. The fraction of sp³-hybridized carbons (Fsp3) is 0.533. The predicted molar refractivity (Wildman–Crippen MR) is 82.7 cm³/mol. The van der Waals surface area contributed by atoms with Gasteiger partial charge in [-0.3, -0.25) is 0 Å². The van der Waals surface area contributed by atoms with Gasteiger partial charge in [-0.15, -0.1) is 0 Å². The monoisotopic (exact) mass is 327 g/mol. The van der Waals surface area contributed by atoms with Gasteiger partial charge in [0, 0.05) is 19.1 Å². The summed E-state index contributed by atoms with van der Waals surface area (Å²) >= 11 is 1.51. The first-order valence-corrected chi connectivity index (χ1v) is 7.83. The lowest BCUT2D eigenvalue weighted by Crippen LogP contribution is -2.58. The molecule has 2 N–H and O–H groups in total. The normalized spacial score (nSPS) is 31.7. The van der Waals surface area contributed by atoms with Gasteiger partial charge < -0.3 is 24.7 Å². The maximum Gasteiger partial charge on any atom is 0.404 e. The number of nitrogens with two attached hydrogens (primary N) is 1. The molecule has 0 unspecified atom stereocenters. The first-order chi connectivity index (χ1) is 10.6. The molecule has 0 radical (unpaired) electrons. The molecule has 22 heavy (non-hydrogen) atoms. The Bertz CT molecular complexity index is 486. The molecule has 1 amide bonds. The van der Waals surface area contributed by atoms with E-state index in [2.05, 4.69) is 0 Å². The fourth-order valence-electron chi connectivity index (χ4n) is 2.54. The molecule has 6 nitrogen and oxygen atoms in total. The third-order valence-electron chi connectivity index (χ3n) is 3.52. The smallest absolute Gasteiger partial charge is 0.404 e. The van der Waals surface area contributed by atoms with Crippen LogP contribution in [0.5, 0.6) is 0 Å². The summed E-state index contributed by atoms with van der Waals surface area (Å²) in [5, 5.41) is 0. The van der Waals surface area contributed by atoms with Gasteiger partial charge in [-0.2, -0.15) is 0 Å². The molecule has 1 aromatic rings. The second-order valence-corrected chi connectivity index (χ2v) is 6.11. The number of carbonyl (C=O) groups is 1. The van der Waals surface area contributed by atoms with E-state index in [-0.39, 0.29) is 11.5 Å². The van der Waals surface area contributed by atoms with Crippen molar-refractivity contribution in [3.63, 3.8) is 0 Å². The summed E-state index contributed by atoms with van der Waals surface area (Å²) in [6.07, 6.45) is -2.67. The van der Waals surface area contributed by atoms with Crippen LogP contribution in [-0.4, -0.2) is 50.2 Å². The van der Waals surface area contributed by atoms with E-state index < -0.39 is 24.4 Å². The van der Waals surface area contributed by atoms with Gasteiger partial charge in [0.25, 0.3) is 0 Å². The number of methoxy groups -OCH3 is 2. The van der Waals surface area contributed by atoms with Crippen molar-refractivity contribution in [1.82, 2.24) is 0 Å². The van der Waals surface area contributed by atoms with Crippen molar-refractivity contribution in [2.45, 2.75) is 41.7 Å². The van der Waals surface area contributed by atoms with E-state index in [1.54, 1.807) is 14.2 Å². The van der Waals surface area contributed by atoms with E-state index in [9.17, 15) is 4.79 Å². The Morgan fingerprint density at radius 2 is 1.77 bits per heavy atom. The van der Waals surface area contributed by atoms with Crippen molar-refractivity contribution in [3.8, 4) is 0 Å². The molecule has 0 spiro atoms. The van der Waals surface area contributed by atoms with E-state index in [0.29, 0.717) is 0 Å². The zero-order chi connectivity index (χ0) is 16.1. The Morgan fingerprint density at radius 3 is 2.32 bits per heavy atom. The van der Waals surface area contributed by atoms with Gasteiger partial charge in [-0.1, -0.05) is 30.0 Å². The molecule has 0 aromatic heterocycles. The molecule has 5 atom stereocenters. The summed E-state index contributed by atoms with van der Waals surface area (Å²) in [7, 11) is 3.09. The SMILES string of the molecule is CO[C@@H]1[C@@H](OC(N)=O)[C@@H](OC)[C@H](Sc2ccccc2)O[C@H]1C. The molecule has 1 aromatic carbocycles. The number of rotatable bonds is 5. The van der Waals surface area contributed by atoms with E-state index in [1.165, 1.54) is 11.8 Å². The number of primary amides is 1. The Hall–Kier alpha value is -1.28. The maximum absolute atomic E-state index is 11.2. The topological polar surface area (TPSA) is 80.0 Å². The van der Waals surface area contributed by atoms with E-state index >= 15 is 0 Å². The second kappa shape index (κ2) is 7.82. The molecule has 0 bridgehead atoms. The summed E-state index contributed by atoms with van der Waals surface area (Å²) in [4.78, 5) is 12.2. The summed E-state index contributed by atoms with van der Waals surface area (Å²) in [6.45, 7) is 1.87. The van der Waals surface area contributed by atoms with Gasteiger partial charge in [-0.05, 0) is 19.1 Å². The Morgan fingerprint density at radius 1 is 1.14 bits per heavy atom. The summed E-state index contributed by atoms with van der Waals surface area (Å²) in [6, 6.07) is 9.81. The largest absolute Gasteiger partial charge is 0.441 e. The molecule has 1 aliphatic heterocycles. The minimum atomic E-state index is -0.855. The van der Waals surface area contributed by atoms with Crippen molar-refractivity contribution in [2.75, 3.05) is 14.2 Å². The van der Waals surface area contributed by atoms with Crippen molar-refractivity contribution >= 4 is 17.9 Å². The molecule has 0 saturated carbocycles. The minimum Gasteiger partial charge on any atom is -0.441 e. The molecular weight excluding hydrogens is 306 g/mol. The average molecular weight is 327 g/mol. The minimum absolute atomic E-state index is 0.262. The summed E-state index contributed by atoms with van der Waals surface area (Å²) in [5.74, 6) is 0. The fourth-order valence-corrected chi connectivity index (χ4v) is 3.76. The van der Waals surface area contributed by atoms with Crippen LogP contribution in [0, 0.1) is 0 Å². The lowest BCUT2D eigenvalue weighted by molar-refractivity contribution is -0.207. The van der Waals surface area contributed by atoms with Crippen LogP contribution in [-0.2, 0) is 18.9 Å². The highest BCUT2D eigenvalue weighted by Crippen LogP contribution is 2.36. The third kappa shape index (κ3) is 3.92. The number of carbonyl (C=O) groups excluding carboxylic acids is 1. The maximum atomic E-state index is 11.2. The van der Waals surface area contributed by atoms with Crippen LogP contribution in [0.3, 0.4) is 0 Å². The number of hydrogen-bond donors (Lipinski definition) is 1. The van der Waals surface area contributed by atoms with Gasteiger partial charge in [0.1, 0.15) is 17.6 Å². The van der Waals surface area contributed by atoms with Crippen LogP contribution in [0.15, 0.2) is 35.2 Å². The first-order valence-electron chi connectivity index (χ1n) is 6.95.